The summed E-state index contributed by atoms with van der Waals surface area (Å²) in [5, 5.41) is 0. The second-order valence-electron chi connectivity index (χ2n) is 4.36. The Labute approximate surface area is 120 Å². The molecule has 0 spiro atoms. The van der Waals surface area contributed by atoms with E-state index in [1.165, 1.54) is 18.2 Å². The second kappa shape index (κ2) is 4.81. The standard InChI is InChI=1S/C13H11FN2O4S/c14-10-3-1-8(15)5-13(10)21(17,18)16-9-2-4-11-12(6-9)20-7-19-11/h1-6,16H,7,15H2. The van der Waals surface area contributed by atoms with Gasteiger partial charge < -0.3 is 15.2 Å². The summed E-state index contributed by atoms with van der Waals surface area (Å²) >= 11 is 0. The SMILES string of the molecule is Nc1ccc(F)c(S(=O)(=O)Nc2ccc3c(c2)OCO3)c1. The van der Waals surface area contributed by atoms with E-state index in [1.807, 2.05) is 0 Å². The van der Waals surface area contributed by atoms with Crippen LogP contribution in [0.2, 0.25) is 0 Å². The molecule has 1 aliphatic rings. The van der Waals surface area contributed by atoms with Gasteiger partial charge in [-0.2, -0.15) is 0 Å². The average molecular weight is 310 g/mol. The Hall–Kier alpha value is -2.48. The molecule has 0 amide bonds. The lowest BCUT2D eigenvalue weighted by atomic mass is 10.3. The number of hydrogen-bond donors (Lipinski definition) is 2. The van der Waals surface area contributed by atoms with Gasteiger partial charge in [0.05, 0.1) is 5.69 Å². The minimum Gasteiger partial charge on any atom is -0.454 e. The van der Waals surface area contributed by atoms with Gasteiger partial charge in [-0.1, -0.05) is 0 Å². The molecule has 0 aliphatic carbocycles. The third-order valence-corrected chi connectivity index (χ3v) is 4.27. The van der Waals surface area contributed by atoms with Crippen LogP contribution in [0.4, 0.5) is 15.8 Å². The quantitative estimate of drug-likeness (QED) is 0.845. The predicted octanol–water partition coefficient (Wildman–Crippen LogP) is 1.94. The van der Waals surface area contributed by atoms with Gasteiger partial charge in [0.15, 0.2) is 11.5 Å². The highest BCUT2D eigenvalue weighted by Gasteiger charge is 2.21. The van der Waals surface area contributed by atoms with Gasteiger partial charge in [-0.05, 0) is 30.3 Å². The summed E-state index contributed by atoms with van der Waals surface area (Å²) in [6.45, 7) is 0.0788. The summed E-state index contributed by atoms with van der Waals surface area (Å²) in [6.07, 6.45) is 0. The number of nitrogens with one attached hydrogen (secondary N) is 1. The second-order valence-corrected chi connectivity index (χ2v) is 6.01. The molecular formula is C13H11FN2O4S. The van der Waals surface area contributed by atoms with Crippen molar-refractivity contribution in [1.82, 2.24) is 0 Å². The summed E-state index contributed by atoms with van der Waals surface area (Å²) in [6, 6.07) is 7.87. The molecule has 0 aromatic heterocycles. The van der Waals surface area contributed by atoms with E-state index in [9.17, 15) is 12.8 Å². The lowest BCUT2D eigenvalue weighted by Gasteiger charge is -2.10. The number of sulfonamides is 1. The van der Waals surface area contributed by atoms with Crippen LogP contribution in [0.5, 0.6) is 11.5 Å². The van der Waals surface area contributed by atoms with Crippen molar-refractivity contribution in [2.24, 2.45) is 0 Å². The zero-order chi connectivity index (χ0) is 15.0. The van der Waals surface area contributed by atoms with Gasteiger partial charge in [-0.3, -0.25) is 4.72 Å². The smallest absolute Gasteiger partial charge is 0.264 e. The summed E-state index contributed by atoms with van der Waals surface area (Å²) in [5.74, 6) is 0.0637. The monoisotopic (exact) mass is 310 g/mol. The number of rotatable bonds is 3. The molecule has 0 fully saturated rings. The van der Waals surface area contributed by atoms with Gasteiger partial charge in [-0.15, -0.1) is 0 Å². The molecule has 0 radical (unpaired) electrons. The Bertz CT molecular complexity index is 808. The Balaban J connectivity index is 1.94. The normalized spacial score (nSPS) is 13.2. The van der Waals surface area contributed by atoms with E-state index in [4.69, 9.17) is 15.2 Å². The maximum absolute atomic E-state index is 13.7. The van der Waals surface area contributed by atoms with E-state index in [0.29, 0.717) is 11.5 Å². The molecule has 0 saturated carbocycles. The highest BCUT2D eigenvalue weighted by molar-refractivity contribution is 7.92. The number of nitrogen functional groups attached to an aromatic ring is 1. The van der Waals surface area contributed by atoms with Crippen molar-refractivity contribution >= 4 is 21.4 Å². The Kier molecular flexibility index (Phi) is 3.09. The maximum Gasteiger partial charge on any atom is 0.264 e. The fraction of sp³-hybridized carbons (Fsp3) is 0.0769. The number of hydrogen-bond acceptors (Lipinski definition) is 5. The Morgan fingerprint density at radius 1 is 1.10 bits per heavy atom. The fourth-order valence-electron chi connectivity index (χ4n) is 1.90. The van der Waals surface area contributed by atoms with Crippen molar-refractivity contribution < 1.29 is 22.3 Å². The number of ether oxygens (including phenoxy) is 2. The van der Waals surface area contributed by atoms with Crippen molar-refractivity contribution in [2.45, 2.75) is 4.90 Å². The molecule has 2 aromatic carbocycles. The topological polar surface area (TPSA) is 90.7 Å². The first kappa shape index (κ1) is 13.5. The third kappa shape index (κ3) is 2.57. The van der Waals surface area contributed by atoms with E-state index in [0.717, 1.165) is 12.1 Å². The fourth-order valence-corrected chi connectivity index (χ4v) is 3.06. The number of anilines is 2. The van der Waals surface area contributed by atoms with E-state index < -0.39 is 20.7 Å². The summed E-state index contributed by atoms with van der Waals surface area (Å²) in [7, 11) is -4.09. The average Bonchev–Trinajstić information content (AvgIpc) is 2.88. The molecule has 0 atom stereocenters. The van der Waals surface area contributed by atoms with Crippen LogP contribution in [0.25, 0.3) is 0 Å². The first-order chi connectivity index (χ1) is 9.95. The maximum atomic E-state index is 13.7. The molecule has 3 rings (SSSR count). The lowest BCUT2D eigenvalue weighted by Crippen LogP contribution is -2.15. The molecule has 0 bridgehead atoms. The van der Waals surface area contributed by atoms with Crippen LogP contribution in [0.3, 0.4) is 0 Å². The van der Waals surface area contributed by atoms with Gasteiger partial charge in [0, 0.05) is 11.8 Å². The number of fused-ring (bicyclic) bond motifs is 1. The molecule has 1 aliphatic heterocycles. The van der Waals surface area contributed by atoms with E-state index >= 15 is 0 Å². The molecule has 3 N–H and O–H groups in total. The van der Waals surface area contributed by atoms with Gasteiger partial charge >= 0.3 is 0 Å². The van der Waals surface area contributed by atoms with Crippen molar-refractivity contribution in [3.63, 3.8) is 0 Å². The van der Waals surface area contributed by atoms with Crippen LogP contribution < -0.4 is 19.9 Å². The van der Waals surface area contributed by atoms with E-state index in [1.54, 1.807) is 6.07 Å². The van der Waals surface area contributed by atoms with Crippen LogP contribution >= 0.6 is 0 Å². The van der Waals surface area contributed by atoms with Crippen LogP contribution in [-0.2, 0) is 10.0 Å². The zero-order valence-electron chi connectivity index (χ0n) is 10.7. The van der Waals surface area contributed by atoms with Gasteiger partial charge in [0.2, 0.25) is 6.79 Å². The van der Waals surface area contributed by atoms with Gasteiger partial charge in [0.1, 0.15) is 10.7 Å². The van der Waals surface area contributed by atoms with E-state index in [-0.39, 0.29) is 18.2 Å². The van der Waals surface area contributed by atoms with Crippen LogP contribution in [-0.4, -0.2) is 15.2 Å². The summed E-state index contributed by atoms with van der Waals surface area (Å²) < 4.78 is 50.6. The van der Waals surface area contributed by atoms with Crippen molar-refractivity contribution in [3.8, 4) is 11.5 Å². The van der Waals surface area contributed by atoms with E-state index in [2.05, 4.69) is 4.72 Å². The first-order valence-corrected chi connectivity index (χ1v) is 7.41. The lowest BCUT2D eigenvalue weighted by molar-refractivity contribution is 0.174. The molecule has 110 valence electrons. The summed E-state index contributed by atoms with van der Waals surface area (Å²) in [5.41, 5.74) is 5.89. The minimum absolute atomic E-state index is 0.0788. The van der Waals surface area contributed by atoms with Crippen molar-refractivity contribution in [1.29, 1.82) is 0 Å². The minimum atomic E-state index is -4.09. The highest BCUT2D eigenvalue weighted by atomic mass is 32.2. The number of halogens is 1. The molecule has 1 heterocycles. The van der Waals surface area contributed by atoms with Crippen LogP contribution in [0.1, 0.15) is 0 Å². The molecule has 21 heavy (non-hydrogen) atoms. The molecule has 2 aromatic rings. The summed E-state index contributed by atoms with van der Waals surface area (Å²) in [4.78, 5) is -0.514. The molecule has 0 saturated heterocycles. The largest absolute Gasteiger partial charge is 0.454 e. The Morgan fingerprint density at radius 3 is 2.67 bits per heavy atom. The van der Waals surface area contributed by atoms with Gasteiger partial charge in [0.25, 0.3) is 10.0 Å². The van der Waals surface area contributed by atoms with Crippen LogP contribution in [0, 0.1) is 5.82 Å². The predicted molar refractivity (Wildman–Crippen MR) is 74.2 cm³/mol. The Morgan fingerprint density at radius 2 is 1.86 bits per heavy atom. The number of benzene rings is 2. The highest BCUT2D eigenvalue weighted by Crippen LogP contribution is 2.35. The van der Waals surface area contributed by atoms with Crippen molar-refractivity contribution in [2.75, 3.05) is 17.2 Å². The molecule has 8 heteroatoms. The molecular weight excluding hydrogens is 299 g/mol. The third-order valence-electron chi connectivity index (χ3n) is 2.87. The van der Waals surface area contributed by atoms with Gasteiger partial charge in [-0.25, -0.2) is 12.8 Å². The first-order valence-electron chi connectivity index (χ1n) is 5.93. The number of nitrogens with two attached hydrogens (primary N) is 1. The van der Waals surface area contributed by atoms with Crippen LogP contribution in [0.15, 0.2) is 41.3 Å². The zero-order valence-corrected chi connectivity index (χ0v) is 11.5. The molecule has 6 nitrogen and oxygen atoms in total. The molecule has 0 unspecified atom stereocenters. The van der Waals surface area contributed by atoms with Crippen molar-refractivity contribution in [3.05, 3.63) is 42.2 Å².